The highest BCUT2D eigenvalue weighted by Gasteiger charge is 2.18. The number of carbonyl (C=O) groups is 1. The molecule has 9 heteroatoms. The van der Waals surface area contributed by atoms with Gasteiger partial charge in [0.1, 0.15) is 17.1 Å². The summed E-state index contributed by atoms with van der Waals surface area (Å²) in [5.74, 6) is -0.907. The molecule has 0 aliphatic rings. The van der Waals surface area contributed by atoms with Crippen LogP contribution in [0.3, 0.4) is 0 Å². The average Bonchev–Trinajstić information content (AvgIpc) is 3.23. The van der Waals surface area contributed by atoms with Gasteiger partial charge in [0.05, 0.1) is 11.2 Å². The van der Waals surface area contributed by atoms with Crippen molar-refractivity contribution in [1.29, 1.82) is 0 Å². The third-order valence-electron chi connectivity index (χ3n) is 5.30. The lowest BCUT2D eigenvalue weighted by Crippen LogP contribution is -2.41. The zero-order valence-electron chi connectivity index (χ0n) is 17.3. The maximum atomic E-state index is 13.3. The minimum atomic E-state index is -0.598. The van der Waals surface area contributed by atoms with Crippen molar-refractivity contribution in [3.63, 3.8) is 0 Å². The van der Waals surface area contributed by atoms with E-state index in [0.717, 1.165) is 15.7 Å². The number of nitrogens with one attached hydrogen (secondary N) is 1. The Balaban J connectivity index is 1.70. The van der Waals surface area contributed by atoms with E-state index in [2.05, 4.69) is 5.32 Å². The molecule has 0 spiro atoms. The van der Waals surface area contributed by atoms with Crippen LogP contribution in [-0.2, 0) is 17.9 Å². The number of amides is 1. The number of halogens is 2. The highest BCUT2D eigenvalue weighted by molar-refractivity contribution is 7.17. The van der Waals surface area contributed by atoms with Crippen LogP contribution in [0.1, 0.15) is 16.7 Å². The molecule has 2 aromatic carbocycles. The van der Waals surface area contributed by atoms with Gasteiger partial charge >= 0.3 is 5.69 Å². The van der Waals surface area contributed by atoms with E-state index >= 15 is 0 Å². The predicted molar refractivity (Wildman–Crippen MR) is 124 cm³/mol. The average molecular weight is 472 g/mol. The Morgan fingerprint density at radius 2 is 1.88 bits per heavy atom. The third-order valence-corrected chi connectivity index (χ3v) is 6.54. The molecule has 0 aliphatic heterocycles. The minimum absolute atomic E-state index is 0.0796. The Kier molecular flexibility index (Phi) is 5.99. The molecule has 0 saturated carbocycles. The van der Waals surface area contributed by atoms with Crippen molar-refractivity contribution in [2.45, 2.75) is 26.9 Å². The quantitative estimate of drug-likeness (QED) is 0.479. The van der Waals surface area contributed by atoms with Crippen molar-refractivity contribution in [3.05, 3.63) is 96.2 Å². The molecule has 0 saturated heterocycles. The van der Waals surface area contributed by atoms with E-state index < -0.39 is 23.0 Å². The van der Waals surface area contributed by atoms with Crippen LogP contribution in [-0.4, -0.2) is 15.0 Å². The van der Waals surface area contributed by atoms with Crippen LogP contribution in [0.5, 0.6) is 0 Å². The molecule has 1 N–H and O–H groups in total. The monoisotopic (exact) mass is 471 g/mol. The fourth-order valence-electron chi connectivity index (χ4n) is 3.39. The molecule has 0 bridgehead atoms. The number of aryl methyl sites for hydroxylation is 2. The number of carbonyl (C=O) groups excluding carboxylic acids is 1. The number of thiophene rings is 1. The number of nitrogens with zero attached hydrogens (tertiary/aromatic N) is 2. The topological polar surface area (TPSA) is 73.1 Å². The first-order valence-electron chi connectivity index (χ1n) is 9.77. The van der Waals surface area contributed by atoms with Crippen LogP contribution in [0.15, 0.2) is 57.4 Å². The standard InChI is InChI=1S/C23H19ClFN3O3S/c1-13-3-6-17(9-14(13)2)28-22(30)21-19(7-8-32-21)27(23(28)31)12-20(29)26-11-15-4-5-16(25)10-18(15)24/h3-10H,11-12H2,1-2H3,(H,26,29). The molecule has 4 aromatic rings. The van der Waals surface area contributed by atoms with E-state index in [1.54, 1.807) is 23.6 Å². The zero-order chi connectivity index (χ0) is 23.0. The summed E-state index contributed by atoms with van der Waals surface area (Å²) >= 11 is 7.22. The van der Waals surface area contributed by atoms with Gasteiger partial charge in [-0.3, -0.25) is 14.2 Å². The number of hydrogen-bond acceptors (Lipinski definition) is 4. The largest absolute Gasteiger partial charge is 0.350 e. The lowest BCUT2D eigenvalue weighted by atomic mass is 10.1. The summed E-state index contributed by atoms with van der Waals surface area (Å²) < 4.78 is 16.0. The maximum Gasteiger partial charge on any atom is 0.336 e. The summed E-state index contributed by atoms with van der Waals surface area (Å²) in [6, 6.07) is 10.9. The summed E-state index contributed by atoms with van der Waals surface area (Å²) in [7, 11) is 0. The SMILES string of the molecule is Cc1ccc(-n2c(=O)c3sccc3n(CC(=O)NCc3ccc(F)cc3Cl)c2=O)cc1C. The molecule has 0 radical (unpaired) electrons. The van der Waals surface area contributed by atoms with Gasteiger partial charge in [-0.05, 0) is 66.2 Å². The molecule has 32 heavy (non-hydrogen) atoms. The van der Waals surface area contributed by atoms with Gasteiger partial charge < -0.3 is 5.32 Å². The van der Waals surface area contributed by atoms with Crippen molar-refractivity contribution in [2.24, 2.45) is 0 Å². The number of aromatic nitrogens is 2. The van der Waals surface area contributed by atoms with Gasteiger partial charge in [0.2, 0.25) is 5.91 Å². The van der Waals surface area contributed by atoms with Crippen molar-refractivity contribution in [1.82, 2.24) is 14.5 Å². The van der Waals surface area contributed by atoms with E-state index in [0.29, 0.717) is 21.5 Å². The van der Waals surface area contributed by atoms with E-state index in [9.17, 15) is 18.8 Å². The molecule has 6 nitrogen and oxygen atoms in total. The number of hydrogen-bond donors (Lipinski definition) is 1. The second-order valence-corrected chi connectivity index (χ2v) is 8.75. The number of benzene rings is 2. The van der Waals surface area contributed by atoms with E-state index in [-0.39, 0.29) is 18.1 Å². The number of rotatable bonds is 5. The van der Waals surface area contributed by atoms with Gasteiger partial charge in [-0.25, -0.2) is 13.8 Å². The Hall–Kier alpha value is -3.23. The number of fused-ring (bicyclic) bond motifs is 1. The van der Waals surface area contributed by atoms with Gasteiger partial charge in [-0.15, -0.1) is 11.3 Å². The normalized spacial score (nSPS) is 11.1. The smallest absolute Gasteiger partial charge is 0.336 e. The molecule has 2 aromatic heterocycles. The van der Waals surface area contributed by atoms with Crippen LogP contribution in [0.25, 0.3) is 15.9 Å². The molecule has 2 heterocycles. The van der Waals surface area contributed by atoms with Crippen molar-refractivity contribution < 1.29 is 9.18 Å². The van der Waals surface area contributed by atoms with Crippen molar-refractivity contribution >= 4 is 39.1 Å². The summed E-state index contributed by atoms with van der Waals surface area (Å²) in [4.78, 5) is 39.0. The molecule has 164 valence electrons. The van der Waals surface area contributed by atoms with E-state index in [1.165, 1.54) is 34.1 Å². The highest BCUT2D eigenvalue weighted by atomic mass is 35.5. The molecule has 0 fully saturated rings. The lowest BCUT2D eigenvalue weighted by molar-refractivity contribution is -0.121. The molecule has 4 rings (SSSR count). The zero-order valence-corrected chi connectivity index (χ0v) is 18.9. The molecular formula is C23H19ClFN3O3S. The van der Waals surface area contributed by atoms with Crippen LogP contribution in [0.4, 0.5) is 4.39 Å². The summed E-state index contributed by atoms with van der Waals surface area (Å²) in [5, 5.41) is 4.60. The summed E-state index contributed by atoms with van der Waals surface area (Å²) in [5.41, 5.74) is 2.37. The third kappa shape index (κ3) is 4.11. The second kappa shape index (κ2) is 8.72. The van der Waals surface area contributed by atoms with Gasteiger partial charge in [0.25, 0.3) is 5.56 Å². The van der Waals surface area contributed by atoms with Crippen molar-refractivity contribution in [3.8, 4) is 5.69 Å². The highest BCUT2D eigenvalue weighted by Crippen LogP contribution is 2.19. The Morgan fingerprint density at radius 1 is 1.09 bits per heavy atom. The van der Waals surface area contributed by atoms with Gasteiger partial charge in [0, 0.05) is 11.6 Å². The summed E-state index contributed by atoms with van der Waals surface area (Å²) in [6.07, 6.45) is 0. The second-order valence-electron chi connectivity index (χ2n) is 7.43. The van der Waals surface area contributed by atoms with Gasteiger partial charge in [0.15, 0.2) is 0 Å². The van der Waals surface area contributed by atoms with E-state index in [1.807, 2.05) is 19.9 Å². The Morgan fingerprint density at radius 3 is 2.59 bits per heavy atom. The molecule has 0 aliphatic carbocycles. The van der Waals surface area contributed by atoms with E-state index in [4.69, 9.17) is 11.6 Å². The van der Waals surface area contributed by atoms with Crippen LogP contribution in [0.2, 0.25) is 5.02 Å². The molecule has 0 atom stereocenters. The maximum absolute atomic E-state index is 13.3. The first-order valence-corrected chi connectivity index (χ1v) is 11.0. The van der Waals surface area contributed by atoms with Crippen LogP contribution >= 0.6 is 22.9 Å². The summed E-state index contributed by atoms with van der Waals surface area (Å²) in [6.45, 7) is 3.65. The minimum Gasteiger partial charge on any atom is -0.350 e. The molecule has 1 amide bonds. The first kappa shape index (κ1) is 22.0. The fourth-order valence-corrected chi connectivity index (χ4v) is 4.45. The first-order chi connectivity index (χ1) is 15.3. The van der Waals surface area contributed by atoms with Crippen LogP contribution in [0, 0.1) is 19.7 Å². The van der Waals surface area contributed by atoms with Crippen molar-refractivity contribution in [2.75, 3.05) is 0 Å². The van der Waals surface area contributed by atoms with Gasteiger partial charge in [-0.2, -0.15) is 0 Å². The Labute approximate surface area is 191 Å². The molecular weight excluding hydrogens is 453 g/mol. The molecule has 0 unspecified atom stereocenters. The lowest BCUT2D eigenvalue weighted by Gasteiger charge is -2.13. The Bertz CT molecular complexity index is 1470. The van der Waals surface area contributed by atoms with Gasteiger partial charge in [-0.1, -0.05) is 23.7 Å². The fraction of sp³-hybridized carbons (Fsp3) is 0.174. The predicted octanol–water partition coefficient (Wildman–Crippen LogP) is 3.94. The van der Waals surface area contributed by atoms with Crippen LogP contribution < -0.4 is 16.6 Å².